The van der Waals surface area contributed by atoms with Crippen molar-refractivity contribution in [1.29, 1.82) is 0 Å². The number of hydrogen-bond acceptors (Lipinski definition) is 6. The summed E-state index contributed by atoms with van der Waals surface area (Å²) in [5, 5.41) is 11.2. The minimum Gasteiger partial charge on any atom is -0.408 e. The first kappa shape index (κ1) is 16.9. The second kappa shape index (κ2) is 7.31. The molecule has 0 amide bonds. The van der Waals surface area contributed by atoms with E-state index in [-0.39, 0.29) is 6.04 Å². The maximum atomic E-state index is 12.6. The normalized spacial score (nSPS) is 17.0. The van der Waals surface area contributed by atoms with Crippen LogP contribution in [0.25, 0.3) is 0 Å². The predicted molar refractivity (Wildman–Crippen MR) is 90.1 cm³/mol. The van der Waals surface area contributed by atoms with Crippen LogP contribution in [0.3, 0.4) is 0 Å². The zero-order valence-corrected chi connectivity index (χ0v) is 14.5. The molecule has 1 aromatic carbocycles. The van der Waals surface area contributed by atoms with Crippen LogP contribution >= 0.6 is 0 Å². The maximum Gasteiger partial charge on any atom is 0.315 e. The molecule has 0 bridgehead atoms. The zero-order chi connectivity index (χ0) is 17.0. The lowest BCUT2D eigenvalue weighted by molar-refractivity contribution is 0.326. The molecule has 8 heteroatoms. The van der Waals surface area contributed by atoms with Crippen LogP contribution in [0.5, 0.6) is 0 Å². The molecule has 1 aliphatic rings. The molecular formula is C16H22N4O3S. The second-order valence-corrected chi connectivity index (χ2v) is 7.82. The monoisotopic (exact) mass is 350 g/mol. The van der Waals surface area contributed by atoms with Crippen molar-refractivity contribution >= 4 is 16.0 Å². The smallest absolute Gasteiger partial charge is 0.315 e. The molecule has 130 valence electrons. The second-order valence-electron chi connectivity index (χ2n) is 5.89. The van der Waals surface area contributed by atoms with Gasteiger partial charge >= 0.3 is 6.01 Å². The molecule has 2 heterocycles. The largest absolute Gasteiger partial charge is 0.408 e. The van der Waals surface area contributed by atoms with E-state index in [4.69, 9.17) is 4.42 Å². The lowest BCUT2D eigenvalue weighted by Crippen LogP contribution is -2.42. The minimum atomic E-state index is -3.41. The van der Waals surface area contributed by atoms with Crippen LogP contribution in [-0.2, 0) is 16.4 Å². The summed E-state index contributed by atoms with van der Waals surface area (Å²) in [6.07, 6.45) is 3.13. The van der Waals surface area contributed by atoms with Gasteiger partial charge in [0.15, 0.2) is 0 Å². The minimum absolute atomic E-state index is 0.141. The highest BCUT2D eigenvalue weighted by atomic mass is 32.2. The van der Waals surface area contributed by atoms with Crippen molar-refractivity contribution in [3.05, 3.63) is 36.2 Å². The summed E-state index contributed by atoms with van der Waals surface area (Å²) >= 11 is 0. The Morgan fingerprint density at radius 3 is 2.58 bits per heavy atom. The Morgan fingerprint density at radius 1 is 1.21 bits per heavy atom. The summed E-state index contributed by atoms with van der Waals surface area (Å²) < 4.78 is 32.2. The molecule has 0 radical (unpaired) electrons. The zero-order valence-electron chi connectivity index (χ0n) is 13.7. The van der Waals surface area contributed by atoms with Crippen molar-refractivity contribution in [3.63, 3.8) is 0 Å². The number of rotatable bonds is 6. The topological polar surface area (TPSA) is 88.3 Å². The lowest BCUT2D eigenvalue weighted by Gasteiger charge is -2.31. The average molecular weight is 350 g/mol. The van der Waals surface area contributed by atoms with Crippen molar-refractivity contribution in [2.45, 2.75) is 43.5 Å². The molecule has 0 aliphatic carbocycles. The Hall–Kier alpha value is -1.93. The number of nitrogens with one attached hydrogen (secondary N) is 1. The molecule has 24 heavy (non-hydrogen) atoms. The van der Waals surface area contributed by atoms with E-state index in [1.165, 1.54) is 4.31 Å². The summed E-state index contributed by atoms with van der Waals surface area (Å²) in [5.41, 5.74) is 0. The van der Waals surface area contributed by atoms with E-state index in [0.29, 0.717) is 42.7 Å². The molecule has 0 unspecified atom stereocenters. The van der Waals surface area contributed by atoms with Gasteiger partial charge in [-0.3, -0.25) is 0 Å². The molecule has 1 N–H and O–H groups in total. The summed E-state index contributed by atoms with van der Waals surface area (Å²) in [4.78, 5) is 0.345. The van der Waals surface area contributed by atoms with E-state index < -0.39 is 10.0 Å². The van der Waals surface area contributed by atoms with Gasteiger partial charge in [-0.05, 0) is 31.4 Å². The summed E-state index contributed by atoms with van der Waals surface area (Å²) in [7, 11) is -3.41. The Labute approximate surface area is 142 Å². The number of nitrogens with zero attached hydrogens (tertiary/aromatic N) is 3. The van der Waals surface area contributed by atoms with Crippen LogP contribution in [0, 0.1) is 0 Å². The Kier molecular flexibility index (Phi) is 5.15. The Bertz CT molecular complexity index is 753. The lowest BCUT2D eigenvalue weighted by atomic mass is 10.1. The molecule has 1 saturated heterocycles. The van der Waals surface area contributed by atoms with Gasteiger partial charge < -0.3 is 9.73 Å². The van der Waals surface area contributed by atoms with Gasteiger partial charge in [0.2, 0.25) is 15.9 Å². The molecule has 1 fully saturated rings. The van der Waals surface area contributed by atoms with E-state index in [1.807, 2.05) is 6.07 Å². The molecular weight excluding hydrogens is 328 g/mol. The van der Waals surface area contributed by atoms with Crippen LogP contribution < -0.4 is 5.32 Å². The number of piperidine rings is 1. The van der Waals surface area contributed by atoms with Crippen molar-refractivity contribution in [3.8, 4) is 0 Å². The molecule has 1 aliphatic heterocycles. The van der Waals surface area contributed by atoms with Gasteiger partial charge in [0.25, 0.3) is 0 Å². The van der Waals surface area contributed by atoms with Gasteiger partial charge in [-0.1, -0.05) is 30.2 Å². The van der Waals surface area contributed by atoms with Gasteiger partial charge in [0.1, 0.15) is 0 Å². The van der Waals surface area contributed by atoms with Crippen molar-refractivity contribution < 1.29 is 12.8 Å². The first-order chi connectivity index (χ1) is 11.6. The third-order valence-electron chi connectivity index (χ3n) is 4.09. The Morgan fingerprint density at radius 2 is 1.92 bits per heavy atom. The molecule has 0 saturated carbocycles. The highest BCUT2D eigenvalue weighted by Crippen LogP contribution is 2.22. The van der Waals surface area contributed by atoms with Crippen molar-refractivity contribution in [1.82, 2.24) is 14.5 Å². The van der Waals surface area contributed by atoms with E-state index >= 15 is 0 Å². The first-order valence-electron chi connectivity index (χ1n) is 8.23. The SMILES string of the molecule is CCCc1nnc(NC2CCN(S(=O)(=O)c3ccccc3)CC2)o1. The van der Waals surface area contributed by atoms with E-state index in [2.05, 4.69) is 22.4 Å². The fourth-order valence-corrected chi connectivity index (χ4v) is 4.27. The number of sulfonamides is 1. The van der Waals surface area contributed by atoms with E-state index in [9.17, 15) is 8.42 Å². The van der Waals surface area contributed by atoms with Gasteiger partial charge in [-0.2, -0.15) is 4.31 Å². The van der Waals surface area contributed by atoms with Gasteiger partial charge in [0.05, 0.1) is 4.90 Å². The number of anilines is 1. The van der Waals surface area contributed by atoms with E-state index in [1.54, 1.807) is 24.3 Å². The van der Waals surface area contributed by atoms with Crippen molar-refractivity contribution in [2.24, 2.45) is 0 Å². The van der Waals surface area contributed by atoms with Crippen molar-refractivity contribution in [2.75, 3.05) is 18.4 Å². The number of aryl methyl sites for hydroxylation is 1. The molecule has 0 spiro atoms. The van der Waals surface area contributed by atoms with Gasteiger partial charge in [-0.25, -0.2) is 8.42 Å². The first-order valence-corrected chi connectivity index (χ1v) is 9.67. The molecule has 3 rings (SSSR count). The third-order valence-corrected chi connectivity index (χ3v) is 6.01. The third kappa shape index (κ3) is 3.76. The molecule has 1 aromatic heterocycles. The van der Waals surface area contributed by atoms with Crippen LogP contribution in [-0.4, -0.2) is 42.1 Å². The quantitative estimate of drug-likeness (QED) is 0.860. The summed E-state index contributed by atoms with van der Waals surface area (Å²) in [5.74, 6) is 0.629. The molecule has 2 aromatic rings. The van der Waals surface area contributed by atoms with Gasteiger partial charge in [-0.15, -0.1) is 5.10 Å². The maximum absolute atomic E-state index is 12.6. The van der Waals surface area contributed by atoms with Crippen LogP contribution in [0.15, 0.2) is 39.6 Å². The van der Waals surface area contributed by atoms with Crippen LogP contribution in [0.2, 0.25) is 0 Å². The summed E-state index contributed by atoms with van der Waals surface area (Å²) in [6, 6.07) is 9.12. The fraction of sp³-hybridized carbons (Fsp3) is 0.500. The Balaban J connectivity index is 1.57. The predicted octanol–water partition coefficient (Wildman–Crippen LogP) is 2.29. The van der Waals surface area contributed by atoms with Crippen LogP contribution in [0.4, 0.5) is 6.01 Å². The van der Waals surface area contributed by atoms with Gasteiger partial charge in [0, 0.05) is 25.6 Å². The average Bonchev–Trinajstić information content (AvgIpc) is 3.04. The highest BCUT2D eigenvalue weighted by Gasteiger charge is 2.29. The molecule has 0 atom stereocenters. The molecule has 7 nitrogen and oxygen atoms in total. The number of hydrogen-bond donors (Lipinski definition) is 1. The van der Waals surface area contributed by atoms with Crippen LogP contribution in [0.1, 0.15) is 32.1 Å². The number of benzene rings is 1. The summed E-state index contributed by atoms with van der Waals surface area (Å²) in [6.45, 7) is 3.01. The van der Waals surface area contributed by atoms with E-state index in [0.717, 1.165) is 12.8 Å². The highest BCUT2D eigenvalue weighted by molar-refractivity contribution is 7.89. The standard InChI is InChI=1S/C16H22N4O3S/c1-2-6-15-18-19-16(23-15)17-13-9-11-20(12-10-13)24(21,22)14-7-4-3-5-8-14/h3-5,7-8,13H,2,6,9-12H2,1H3,(H,17,19). The number of aromatic nitrogens is 2. The fourth-order valence-electron chi connectivity index (χ4n) is 2.78.